The molecule has 2 nitrogen and oxygen atoms in total. The van der Waals surface area contributed by atoms with Gasteiger partial charge in [-0.15, -0.1) is 22.9 Å². The van der Waals surface area contributed by atoms with Crippen LogP contribution in [-0.2, 0) is 0 Å². The molecular formula is C13H18ClNOS. The van der Waals surface area contributed by atoms with E-state index in [0.29, 0.717) is 11.8 Å². The number of carbonyl (C=O) groups is 1. The van der Waals surface area contributed by atoms with Crippen molar-refractivity contribution < 1.29 is 4.79 Å². The molecule has 4 heteroatoms. The summed E-state index contributed by atoms with van der Waals surface area (Å²) in [5, 5.41) is 4.96. The molecule has 1 N–H and O–H groups in total. The van der Waals surface area contributed by atoms with Crippen molar-refractivity contribution >= 4 is 28.8 Å². The number of amides is 1. The highest BCUT2D eigenvalue weighted by Gasteiger charge is 2.24. The molecule has 0 saturated heterocycles. The third kappa shape index (κ3) is 3.46. The van der Waals surface area contributed by atoms with Crippen molar-refractivity contribution in [3.63, 3.8) is 0 Å². The topological polar surface area (TPSA) is 29.1 Å². The second kappa shape index (κ2) is 6.41. The Bertz CT molecular complexity index is 352. The second-order valence-electron chi connectivity index (χ2n) is 4.65. The zero-order valence-electron chi connectivity index (χ0n) is 9.82. The Balaban J connectivity index is 1.82. The summed E-state index contributed by atoms with van der Waals surface area (Å²) in [6, 6.07) is 3.77. The first-order valence-corrected chi connectivity index (χ1v) is 7.60. The standard InChI is InChI=1S/C13H18ClNOS/c14-8-10-4-1-2-5-11(10)9-15-13(16)12-6-3-7-17-12/h3,6-7,10-11H,1-2,4-5,8-9H2,(H,15,16). The van der Waals surface area contributed by atoms with Crippen LogP contribution in [0.3, 0.4) is 0 Å². The molecule has 17 heavy (non-hydrogen) atoms. The van der Waals surface area contributed by atoms with Crippen molar-refractivity contribution in [2.75, 3.05) is 12.4 Å². The second-order valence-corrected chi connectivity index (χ2v) is 5.90. The number of rotatable bonds is 4. The summed E-state index contributed by atoms with van der Waals surface area (Å²) in [5.41, 5.74) is 0. The molecule has 2 unspecified atom stereocenters. The summed E-state index contributed by atoms with van der Waals surface area (Å²) >= 11 is 7.47. The first-order chi connectivity index (χ1) is 8.31. The van der Waals surface area contributed by atoms with E-state index >= 15 is 0 Å². The molecule has 2 rings (SSSR count). The summed E-state index contributed by atoms with van der Waals surface area (Å²) in [4.78, 5) is 12.6. The number of alkyl halides is 1. The molecule has 1 aromatic heterocycles. The minimum atomic E-state index is 0.0545. The highest BCUT2D eigenvalue weighted by Crippen LogP contribution is 2.30. The molecule has 0 spiro atoms. The van der Waals surface area contributed by atoms with Crippen LogP contribution in [0, 0.1) is 11.8 Å². The molecule has 0 aromatic carbocycles. The summed E-state index contributed by atoms with van der Waals surface area (Å²) in [5.74, 6) is 1.91. The zero-order chi connectivity index (χ0) is 12.1. The fourth-order valence-corrected chi connectivity index (χ4v) is 3.52. The van der Waals surface area contributed by atoms with E-state index < -0.39 is 0 Å². The molecule has 0 bridgehead atoms. The van der Waals surface area contributed by atoms with E-state index in [1.807, 2.05) is 17.5 Å². The van der Waals surface area contributed by atoms with Gasteiger partial charge in [-0.1, -0.05) is 18.9 Å². The van der Waals surface area contributed by atoms with Gasteiger partial charge in [0.15, 0.2) is 0 Å². The number of halogens is 1. The van der Waals surface area contributed by atoms with Crippen LogP contribution in [0.15, 0.2) is 17.5 Å². The summed E-state index contributed by atoms with van der Waals surface area (Å²) in [6.45, 7) is 0.772. The molecular weight excluding hydrogens is 254 g/mol. The predicted octanol–water partition coefficient (Wildman–Crippen LogP) is 3.52. The minimum Gasteiger partial charge on any atom is -0.351 e. The normalized spacial score (nSPS) is 24.5. The van der Waals surface area contributed by atoms with Crippen molar-refractivity contribution in [1.29, 1.82) is 0 Å². The van der Waals surface area contributed by atoms with Gasteiger partial charge in [-0.3, -0.25) is 4.79 Å². The van der Waals surface area contributed by atoms with E-state index in [4.69, 9.17) is 11.6 Å². The maximum absolute atomic E-state index is 11.8. The van der Waals surface area contributed by atoms with Crippen LogP contribution < -0.4 is 5.32 Å². The molecule has 1 saturated carbocycles. The van der Waals surface area contributed by atoms with Crippen molar-refractivity contribution in [1.82, 2.24) is 5.32 Å². The molecule has 1 aliphatic rings. The van der Waals surface area contributed by atoms with Gasteiger partial charge < -0.3 is 5.32 Å². The van der Waals surface area contributed by atoms with E-state index in [9.17, 15) is 4.79 Å². The predicted molar refractivity (Wildman–Crippen MR) is 72.8 cm³/mol. The third-order valence-electron chi connectivity index (χ3n) is 3.53. The average Bonchev–Trinajstić information content (AvgIpc) is 2.90. The van der Waals surface area contributed by atoms with Crippen molar-refractivity contribution in [2.24, 2.45) is 11.8 Å². The number of nitrogens with one attached hydrogen (secondary N) is 1. The summed E-state index contributed by atoms with van der Waals surface area (Å²) in [6.07, 6.45) is 4.96. The van der Waals surface area contributed by atoms with Gasteiger partial charge in [-0.25, -0.2) is 0 Å². The molecule has 0 aliphatic heterocycles. The van der Waals surface area contributed by atoms with Gasteiger partial charge in [0.1, 0.15) is 0 Å². The van der Waals surface area contributed by atoms with E-state index in [0.717, 1.165) is 17.3 Å². The van der Waals surface area contributed by atoms with E-state index in [1.54, 1.807) is 0 Å². The lowest BCUT2D eigenvalue weighted by Crippen LogP contribution is -2.34. The summed E-state index contributed by atoms with van der Waals surface area (Å²) in [7, 11) is 0. The Morgan fingerprint density at radius 1 is 1.41 bits per heavy atom. The van der Waals surface area contributed by atoms with Crippen LogP contribution in [0.4, 0.5) is 0 Å². The van der Waals surface area contributed by atoms with Crippen molar-refractivity contribution in [3.05, 3.63) is 22.4 Å². The van der Waals surface area contributed by atoms with Gasteiger partial charge in [-0.05, 0) is 36.1 Å². The number of thiophene rings is 1. The molecule has 2 atom stereocenters. The van der Waals surface area contributed by atoms with Crippen LogP contribution in [0.2, 0.25) is 0 Å². The quantitative estimate of drug-likeness (QED) is 0.834. The van der Waals surface area contributed by atoms with Crippen LogP contribution in [0.25, 0.3) is 0 Å². The van der Waals surface area contributed by atoms with E-state index in [2.05, 4.69) is 5.32 Å². The van der Waals surface area contributed by atoms with Crippen LogP contribution >= 0.6 is 22.9 Å². The van der Waals surface area contributed by atoms with Gasteiger partial charge >= 0.3 is 0 Å². The van der Waals surface area contributed by atoms with Crippen LogP contribution in [0.1, 0.15) is 35.4 Å². The molecule has 1 amide bonds. The Labute approximate surface area is 111 Å². The van der Waals surface area contributed by atoms with Crippen molar-refractivity contribution in [3.8, 4) is 0 Å². The molecule has 94 valence electrons. The first-order valence-electron chi connectivity index (χ1n) is 6.19. The lowest BCUT2D eigenvalue weighted by atomic mass is 9.80. The summed E-state index contributed by atoms with van der Waals surface area (Å²) < 4.78 is 0. The maximum Gasteiger partial charge on any atom is 0.261 e. The van der Waals surface area contributed by atoms with Gasteiger partial charge in [0, 0.05) is 12.4 Å². The first kappa shape index (κ1) is 12.9. The lowest BCUT2D eigenvalue weighted by molar-refractivity contribution is 0.0941. The Kier molecular flexibility index (Phi) is 4.86. The third-order valence-corrected chi connectivity index (χ3v) is 4.80. The SMILES string of the molecule is O=C(NCC1CCCCC1CCl)c1cccs1. The molecule has 0 radical (unpaired) electrons. The monoisotopic (exact) mass is 271 g/mol. The van der Waals surface area contributed by atoms with Crippen LogP contribution in [0.5, 0.6) is 0 Å². The number of carbonyl (C=O) groups excluding carboxylic acids is 1. The minimum absolute atomic E-state index is 0.0545. The smallest absolute Gasteiger partial charge is 0.261 e. The average molecular weight is 272 g/mol. The number of hydrogen-bond donors (Lipinski definition) is 1. The fourth-order valence-electron chi connectivity index (χ4n) is 2.47. The molecule has 1 heterocycles. The van der Waals surface area contributed by atoms with Gasteiger partial charge in [0.05, 0.1) is 4.88 Å². The maximum atomic E-state index is 11.8. The van der Waals surface area contributed by atoms with E-state index in [-0.39, 0.29) is 5.91 Å². The fraction of sp³-hybridized carbons (Fsp3) is 0.615. The molecule has 1 aromatic rings. The number of hydrogen-bond acceptors (Lipinski definition) is 2. The molecule has 1 fully saturated rings. The lowest BCUT2D eigenvalue weighted by Gasteiger charge is -2.30. The largest absolute Gasteiger partial charge is 0.351 e. The van der Waals surface area contributed by atoms with Gasteiger partial charge in [-0.2, -0.15) is 0 Å². The van der Waals surface area contributed by atoms with E-state index in [1.165, 1.54) is 37.0 Å². The zero-order valence-corrected chi connectivity index (χ0v) is 11.4. The van der Waals surface area contributed by atoms with Gasteiger partial charge in [0.2, 0.25) is 0 Å². The Morgan fingerprint density at radius 2 is 2.18 bits per heavy atom. The Morgan fingerprint density at radius 3 is 2.82 bits per heavy atom. The van der Waals surface area contributed by atoms with Gasteiger partial charge in [0.25, 0.3) is 5.91 Å². The highest BCUT2D eigenvalue weighted by molar-refractivity contribution is 7.12. The molecule has 1 aliphatic carbocycles. The Hall–Kier alpha value is -0.540. The van der Waals surface area contributed by atoms with Crippen LogP contribution in [-0.4, -0.2) is 18.3 Å². The highest BCUT2D eigenvalue weighted by atomic mass is 35.5. The van der Waals surface area contributed by atoms with Crippen molar-refractivity contribution in [2.45, 2.75) is 25.7 Å².